The minimum absolute atomic E-state index is 0.0803. The van der Waals surface area contributed by atoms with Crippen molar-refractivity contribution in [1.29, 1.82) is 0 Å². The highest BCUT2D eigenvalue weighted by Gasteiger charge is 2.17. The Balaban J connectivity index is 1.71. The topological polar surface area (TPSA) is 65.1 Å². The van der Waals surface area contributed by atoms with Crippen LogP contribution >= 0.6 is 0 Å². The first-order valence-corrected chi connectivity index (χ1v) is 8.63. The molecule has 0 spiro atoms. The van der Waals surface area contributed by atoms with E-state index in [1.807, 2.05) is 61.5 Å². The number of aromatic nitrogens is 1. The number of H-pyrrole nitrogens is 1. The number of hydrogen-bond donors (Lipinski definition) is 3. The quantitative estimate of drug-likeness (QED) is 0.642. The number of carbonyl (C=O) groups excluding carboxylic acids is 1. The highest BCUT2D eigenvalue weighted by Crippen LogP contribution is 2.21. The number of nitrogens with one attached hydrogen (secondary N) is 2. The third kappa shape index (κ3) is 4.28. The molecule has 0 aliphatic heterocycles. The molecule has 2 unspecified atom stereocenters. The van der Waals surface area contributed by atoms with Crippen LogP contribution in [0.4, 0.5) is 0 Å². The number of aryl methyl sites for hydroxylation is 1. The number of benzene rings is 2. The minimum Gasteiger partial charge on any atom is -0.393 e. The molecule has 0 bridgehead atoms. The number of rotatable bonds is 6. The number of aliphatic hydroxyl groups is 1. The number of carbonyl (C=O) groups is 1. The molecule has 1 aromatic heterocycles. The summed E-state index contributed by atoms with van der Waals surface area (Å²) in [5.41, 5.74) is 3.80. The molecule has 3 rings (SSSR count). The molecule has 25 heavy (non-hydrogen) atoms. The number of aromatic amines is 1. The predicted octanol–water partition coefficient (Wildman–Crippen LogP) is 3.76. The van der Waals surface area contributed by atoms with Crippen molar-refractivity contribution in [3.05, 3.63) is 71.4 Å². The fraction of sp³-hybridized carbons (Fsp3) is 0.286. The third-order valence-electron chi connectivity index (χ3n) is 4.43. The minimum atomic E-state index is -0.418. The zero-order chi connectivity index (χ0) is 17.8. The summed E-state index contributed by atoms with van der Waals surface area (Å²) < 4.78 is 0. The number of amides is 1. The lowest BCUT2D eigenvalue weighted by atomic mass is 9.93. The van der Waals surface area contributed by atoms with Crippen molar-refractivity contribution in [3.8, 4) is 0 Å². The summed E-state index contributed by atoms with van der Waals surface area (Å²) in [5, 5.41) is 13.8. The van der Waals surface area contributed by atoms with E-state index in [1.165, 1.54) is 0 Å². The van der Waals surface area contributed by atoms with Crippen LogP contribution in [0, 0.1) is 6.92 Å². The Morgan fingerprint density at radius 1 is 1.16 bits per heavy atom. The Morgan fingerprint density at radius 2 is 1.92 bits per heavy atom. The first kappa shape index (κ1) is 17.2. The molecule has 3 N–H and O–H groups in total. The van der Waals surface area contributed by atoms with Crippen molar-refractivity contribution < 1.29 is 9.90 Å². The first-order valence-electron chi connectivity index (χ1n) is 8.63. The lowest BCUT2D eigenvalue weighted by molar-refractivity contribution is 0.0941. The van der Waals surface area contributed by atoms with E-state index in [9.17, 15) is 9.90 Å². The van der Waals surface area contributed by atoms with Crippen LogP contribution in [0.15, 0.2) is 54.6 Å². The molecular weight excluding hydrogens is 312 g/mol. The lowest BCUT2D eigenvalue weighted by Crippen LogP contribution is -2.30. The van der Waals surface area contributed by atoms with Crippen LogP contribution in [0.2, 0.25) is 0 Å². The molecule has 4 heteroatoms. The van der Waals surface area contributed by atoms with Gasteiger partial charge in [-0.15, -0.1) is 0 Å². The van der Waals surface area contributed by atoms with Crippen molar-refractivity contribution in [3.63, 3.8) is 0 Å². The first-order chi connectivity index (χ1) is 12.0. The van der Waals surface area contributed by atoms with Crippen LogP contribution in [0.1, 0.15) is 40.9 Å². The van der Waals surface area contributed by atoms with E-state index < -0.39 is 6.10 Å². The second kappa shape index (κ2) is 7.53. The van der Waals surface area contributed by atoms with Crippen LogP contribution in [0.25, 0.3) is 10.9 Å². The molecule has 1 heterocycles. The highest BCUT2D eigenvalue weighted by atomic mass is 16.3. The molecule has 0 aliphatic carbocycles. The Morgan fingerprint density at radius 3 is 2.64 bits per heavy atom. The largest absolute Gasteiger partial charge is 0.393 e. The standard InChI is InChI=1S/C21H24N2O2/c1-14-8-9-17-12-20(23-19(17)10-14)21(25)22-13-18(11-15(2)24)16-6-4-3-5-7-16/h3-10,12,15,18,23-24H,11,13H2,1-2H3,(H,22,25). The Bertz CT molecular complexity index is 853. The van der Waals surface area contributed by atoms with E-state index in [2.05, 4.69) is 10.3 Å². The monoisotopic (exact) mass is 336 g/mol. The highest BCUT2D eigenvalue weighted by molar-refractivity contribution is 5.98. The van der Waals surface area contributed by atoms with E-state index >= 15 is 0 Å². The van der Waals surface area contributed by atoms with Gasteiger partial charge in [-0.05, 0) is 43.5 Å². The summed E-state index contributed by atoms with van der Waals surface area (Å²) in [6.07, 6.45) is 0.189. The molecule has 0 saturated carbocycles. The third-order valence-corrected chi connectivity index (χ3v) is 4.43. The zero-order valence-corrected chi connectivity index (χ0v) is 14.6. The SMILES string of the molecule is Cc1ccc2cc(C(=O)NCC(CC(C)O)c3ccccc3)[nH]c2c1. The van der Waals surface area contributed by atoms with E-state index in [0.29, 0.717) is 18.7 Å². The number of fused-ring (bicyclic) bond motifs is 1. The van der Waals surface area contributed by atoms with Gasteiger partial charge in [0.1, 0.15) is 5.69 Å². The maximum Gasteiger partial charge on any atom is 0.267 e. The van der Waals surface area contributed by atoms with E-state index in [-0.39, 0.29) is 11.8 Å². The molecule has 0 saturated heterocycles. The van der Waals surface area contributed by atoms with Gasteiger partial charge in [-0.1, -0.05) is 42.5 Å². The zero-order valence-electron chi connectivity index (χ0n) is 14.6. The van der Waals surface area contributed by atoms with Gasteiger partial charge in [0.15, 0.2) is 0 Å². The van der Waals surface area contributed by atoms with Gasteiger partial charge in [0.05, 0.1) is 6.10 Å². The summed E-state index contributed by atoms with van der Waals surface area (Å²) in [6, 6.07) is 17.9. The van der Waals surface area contributed by atoms with Gasteiger partial charge in [-0.25, -0.2) is 0 Å². The Hall–Kier alpha value is -2.59. The van der Waals surface area contributed by atoms with Crippen molar-refractivity contribution in [2.45, 2.75) is 32.3 Å². The normalized spacial score (nSPS) is 13.6. The maximum absolute atomic E-state index is 12.5. The molecule has 1 amide bonds. The lowest BCUT2D eigenvalue weighted by Gasteiger charge is -2.19. The average molecular weight is 336 g/mol. The average Bonchev–Trinajstić information content (AvgIpc) is 3.02. The van der Waals surface area contributed by atoms with E-state index in [0.717, 1.165) is 22.0 Å². The van der Waals surface area contributed by atoms with E-state index in [4.69, 9.17) is 0 Å². The second-order valence-electron chi connectivity index (χ2n) is 6.68. The van der Waals surface area contributed by atoms with Gasteiger partial charge in [0, 0.05) is 23.4 Å². The molecule has 2 atom stereocenters. The predicted molar refractivity (Wildman–Crippen MR) is 101 cm³/mol. The second-order valence-corrected chi connectivity index (χ2v) is 6.68. The molecule has 3 aromatic rings. The Kier molecular flexibility index (Phi) is 5.19. The van der Waals surface area contributed by atoms with Crippen molar-refractivity contribution >= 4 is 16.8 Å². The summed E-state index contributed by atoms with van der Waals surface area (Å²) in [7, 11) is 0. The van der Waals surface area contributed by atoms with Crippen LogP contribution < -0.4 is 5.32 Å². The summed E-state index contributed by atoms with van der Waals surface area (Å²) in [5.74, 6) is -0.0443. The van der Waals surface area contributed by atoms with E-state index in [1.54, 1.807) is 6.92 Å². The van der Waals surface area contributed by atoms with Gasteiger partial charge in [0.2, 0.25) is 0 Å². The number of aliphatic hydroxyl groups excluding tert-OH is 1. The van der Waals surface area contributed by atoms with Gasteiger partial charge in [-0.3, -0.25) is 4.79 Å². The van der Waals surface area contributed by atoms with Gasteiger partial charge < -0.3 is 15.4 Å². The van der Waals surface area contributed by atoms with Gasteiger partial charge in [-0.2, -0.15) is 0 Å². The Labute approximate surface area is 147 Å². The molecular formula is C21H24N2O2. The molecule has 4 nitrogen and oxygen atoms in total. The number of hydrogen-bond acceptors (Lipinski definition) is 2. The van der Waals surface area contributed by atoms with Crippen LogP contribution in [-0.4, -0.2) is 28.6 Å². The molecule has 0 radical (unpaired) electrons. The molecule has 0 aliphatic rings. The summed E-state index contributed by atoms with van der Waals surface area (Å²) in [4.78, 5) is 15.7. The van der Waals surface area contributed by atoms with Crippen molar-refractivity contribution in [2.75, 3.05) is 6.54 Å². The van der Waals surface area contributed by atoms with Crippen LogP contribution in [0.3, 0.4) is 0 Å². The fourth-order valence-corrected chi connectivity index (χ4v) is 3.15. The molecule has 130 valence electrons. The van der Waals surface area contributed by atoms with Crippen LogP contribution in [-0.2, 0) is 0 Å². The van der Waals surface area contributed by atoms with Gasteiger partial charge in [0.25, 0.3) is 5.91 Å². The fourth-order valence-electron chi connectivity index (χ4n) is 3.15. The van der Waals surface area contributed by atoms with Gasteiger partial charge >= 0.3 is 0 Å². The maximum atomic E-state index is 12.5. The summed E-state index contributed by atoms with van der Waals surface area (Å²) in [6.45, 7) is 4.29. The molecule has 2 aromatic carbocycles. The van der Waals surface area contributed by atoms with Crippen LogP contribution in [0.5, 0.6) is 0 Å². The van der Waals surface area contributed by atoms with Crippen molar-refractivity contribution in [2.24, 2.45) is 0 Å². The van der Waals surface area contributed by atoms with Crippen molar-refractivity contribution in [1.82, 2.24) is 10.3 Å². The molecule has 0 fully saturated rings. The summed E-state index contributed by atoms with van der Waals surface area (Å²) >= 11 is 0. The smallest absolute Gasteiger partial charge is 0.267 e.